The highest BCUT2D eigenvalue weighted by molar-refractivity contribution is 7.98. The second-order valence-corrected chi connectivity index (χ2v) is 5.20. The number of carbonyl (C=O) groups is 2. The van der Waals surface area contributed by atoms with Crippen LogP contribution in [0.5, 0.6) is 0 Å². The second-order valence-electron chi connectivity index (χ2n) is 4.42. The fourth-order valence-corrected chi connectivity index (χ4v) is 2.27. The molecule has 124 valence electrons. The Morgan fingerprint density at radius 1 is 1.48 bits per heavy atom. The van der Waals surface area contributed by atoms with Crippen molar-refractivity contribution in [2.24, 2.45) is 5.73 Å². The lowest BCUT2D eigenvalue weighted by molar-refractivity contribution is -0.432. The van der Waals surface area contributed by atoms with Crippen LogP contribution >= 0.6 is 11.8 Å². The Morgan fingerprint density at radius 3 is 2.83 bits per heavy atom. The van der Waals surface area contributed by atoms with Gasteiger partial charge in [0.25, 0.3) is 17.8 Å². The monoisotopic (exact) mass is 340 g/mol. The first-order valence-corrected chi connectivity index (χ1v) is 8.06. The lowest BCUT2D eigenvalue weighted by Crippen LogP contribution is -2.42. The van der Waals surface area contributed by atoms with Crippen molar-refractivity contribution >= 4 is 41.5 Å². The van der Waals surface area contributed by atoms with E-state index in [-0.39, 0.29) is 37.5 Å². The van der Waals surface area contributed by atoms with E-state index in [1.807, 2.05) is 6.26 Å². The van der Waals surface area contributed by atoms with Crippen LogP contribution in [0.15, 0.2) is 5.16 Å². The summed E-state index contributed by atoms with van der Waals surface area (Å²) in [5, 5.41) is 3.32. The van der Waals surface area contributed by atoms with E-state index in [1.54, 1.807) is 14.0 Å². The Labute approximate surface area is 137 Å². The van der Waals surface area contributed by atoms with Crippen LogP contribution in [0.1, 0.15) is 6.92 Å². The van der Waals surface area contributed by atoms with Gasteiger partial charge < -0.3 is 15.8 Å². The van der Waals surface area contributed by atoms with E-state index < -0.39 is 5.97 Å². The SMILES string of the molecule is CCOC(=O)CN1C(=O)C[N+](c2nc(NC)nc(SC)n2)=C1N. The van der Waals surface area contributed by atoms with E-state index in [4.69, 9.17) is 10.5 Å². The van der Waals surface area contributed by atoms with E-state index in [9.17, 15) is 9.59 Å². The van der Waals surface area contributed by atoms with Crippen molar-refractivity contribution in [3.8, 4) is 0 Å². The molecule has 1 aromatic rings. The van der Waals surface area contributed by atoms with Gasteiger partial charge in [-0.1, -0.05) is 21.7 Å². The second kappa shape index (κ2) is 7.22. The third-order valence-corrected chi connectivity index (χ3v) is 3.54. The van der Waals surface area contributed by atoms with Crippen LogP contribution in [0.2, 0.25) is 0 Å². The summed E-state index contributed by atoms with van der Waals surface area (Å²) in [6.45, 7) is 1.64. The third-order valence-electron chi connectivity index (χ3n) is 2.99. The molecule has 0 bridgehead atoms. The fourth-order valence-electron chi connectivity index (χ4n) is 1.92. The average Bonchev–Trinajstić information content (AvgIpc) is 2.82. The van der Waals surface area contributed by atoms with E-state index in [2.05, 4.69) is 20.3 Å². The van der Waals surface area contributed by atoms with Gasteiger partial charge in [-0.05, 0) is 13.2 Å². The molecule has 11 heteroatoms. The number of guanidine groups is 1. The number of hydrogen-bond donors (Lipinski definition) is 2. The van der Waals surface area contributed by atoms with E-state index in [0.29, 0.717) is 11.1 Å². The number of carbonyl (C=O) groups excluding carboxylic acids is 2. The lowest BCUT2D eigenvalue weighted by atomic mass is 10.5. The molecule has 0 aliphatic carbocycles. The minimum Gasteiger partial charge on any atom is -0.464 e. The summed E-state index contributed by atoms with van der Waals surface area (Å²) in [7, 11) is 1.68. The first-order valence-electron chi connectivity index (χ1n) is 6.83. The molecule has 0 unspecified atom stereocenters. The van der Waals surface area contributed by atoms with Gasteiger partial charge in [0.05, 0.1) is 6.61 Å². The third kappa shape index (κ3) is 3.67. The van der Waals surface area contributed by atoms with Crippen molar-refractivity contribution in [3.05, 3.63) is 0 Å². The Bertz CT molecular complexity index is 642. The zero-order chi connectivity index (χ0) is 17.0. The van der Waals surface area contributed by atoms with Crippen LogP contribution in [-0.2, 0) is 14.3 Å². The van der Waals surface area contributed by atoms with Crippen molar-refractivity contribution in [1.82, 2.24) is 19.9 Å². The highest BCUT2D eigenvalue weighted by Gasteiger charge is 2.37. The molecule has 0 spiro atoms. The summed E-state index contributed by atoms with van der Waals surface area (Å²) in [5.41, 5.74) is 5.99. The summed E-state index contributed by atoms with van der Waals surface area (Å²) in [6.07, 6.45) is 1.83. The smallest absolute Gasteiger partial charge is 0.362 e. The first kappa shape index (κ1) is 16.9. The number of nitrogens with two attached hydrogens (primary N) is 1. The van der Waals surface area contributed by atoms with Crippen LogP contribution in [0, 0.1) is 0 Å². The summed E-state index contributed by atoms with van der Waals surface area (Å²) in [6, 6.07) is 0. The number of thioether (sulfide) groups is 1. The van der Waals surface area contributed by atoms with Crippen molar-refractivity contribution in [1.29, 1.82) is 0 Å². The molecule has 0 saturated carbocycles. The van der Waals surface area contributed by atoms with Gasteiger partial charge in [0.2, 0.25) is 5.16 Å². The molecule has 10 nitrogen and oxygen atoms in total. The van der Waals surface area contributed by atoms with Crippen LogP contribution in [0.4, 0.5) is 11.9 Å². The molecule has 2 rings (SSSR count). The molecule has 23 heavy (non-hydrogen) atoms. The van der Waals surface area contributed by atoms with Crippen LogP contribution in [-0.4, -0.2) is 75.3 Å². The zero-order valence-corrected chi connectivity index (χ0v) is 13.9. The Hall–Kier alpha value is -2.43. The number of aromatic nitrogens is 3. The van der Waals surface area contributed by atoms with Crippen LogP contribution < -0.4 is 11.1 Å². The minimum atomic E-state index is -0.526. The number of nitrogens with zero attached hydrogens (tertiary/aromatic N) is 5. The predicted octanol–water partition coefficient (Wildman–Crippen LogP) is -1.00. The highest BCUT2D eigenvalue weighted by Crippen LogP contribution is 2.17. The van der Waals surface area contributed by atoms with Gasteiger partial charge in [-0.2, -0.15) is 4.98 Å². The number of nitrogens with one attached hydrogen (secondary N) is 1. The Balaban J connectivity index is 2.33. The zero-order valence-electron chi connectivity index (χ0n) is 13.1. The summed E-state index contributed by atoms with van der Waals surface area (Å²) in [4.78, 5) is 37.4. The number of amides is 1. The number of ether oxygens (including phenoxy) is 1. The van der Waals surface area contributed by atoms with Crippen molar-refractivity contribution in [3.63, 3.8) is 0 Å². The van der Waals surface area contributed by atoms with Gasteiger partial charge in [-0.15, -0.1) is 0 Å². The molecule has 0 atom stereocenters. The molecule has 0 radical (unpaired) electrons. The fraction of sp³-hybridized carbons (Fsp3) is 0.500. The lowest BCUT2D eigenvalue weighted by Gasteiger charge is -2.10. The summed E-state index contributed by atoms with van der Waals surface area (Å²) >= 11 is 1.34. The van der Waals surface area contributed by atoms with Gasteiger partial charge in [0.15, 0.2) is 6.54 Å². The van der Waals surface area contributed by atoms with Gasteiger partial charge in [0.1, 0.15) is 6.54 Å². The molecule has 0 aromatic carbocycles. The summed E-state index contributed by atoms with van der Waals surface area (Å²) < 4.78 is 6.27. The van der Waals surface area contributed by atoms with E-state index >= 15 is 0 Å². The maximum atomic E-state index is 12.1. The predicted molar refractivity (Wildman–Crippen MR) is 83.5 cm³/mol. The maximum absolute atomic E-state index is 12.1. The normalized spacial score (nSPS) is 14.4. The molecule has 1 amide bonds. The standard InChI is InChI=1S/C12H17N7O3S/c1-4-22-8(21)6-18-7(20)5-19(9(18)13)11-15-10(14-2)16-12(17-11)23-3/h13H,4-6H2,1-3H3,(H,14,15,16,17)/p+1. The molecule has 1 aliphatic rings. The van der Waals surface area contributed by atoms with E-state index in [0.717, 1.165) is 4.90 Å². The molecule has 0 saturated heterocycles. The number of anilines is 1. The average molecular weight is 340 g/mol. The Kier molecular flexibility index (Phi) is 5.32. The highest BCUT2D eigenvalue weighted by atomic mass is 32.2. The van der Waals surface area contributed by atoms with Gasteiger partial charge in [0, 0.05) is 7.05 Å². The van der Waals surface area contributed by atoms with Gasteiger partial charge >= 0.3 is 11.9 Å². The van der Waals surface area contributed by atoms with Gasteiger partial charge in [-0.25, -0.2) is 14.3 Å². The number of esters is 1. The molecule has 1 aliphatic heterocycles. The molecule has 1 aromatic heterocycles. The molecule has 2 heterocycles. The molecular weight excluding hydrogens is 322 g/mol. The number of hydrogen-bond acceptors (Lipinski definition) is 9. The minimum absolute atomic E-state index is 0.0494. The quantitative estimate of drug-likeness (QED) is 0.381. The topological polar surface area (TPSA) is 126 Å². The molecular formula is C12H18N7O3S+. The van der Waals surface area contributed by atoms with Crippen LogP contribution in [0.3, 0.4) is 0 Å². The Morgan fingerprint density at radius 2 is 2.22 bits per heavy atom. The number of rotatable bonds is 6. The van der Waals surface area contributed by atoms with Crippen molar-refractivity contribution in [2.45, 2.75) is 12.1 Å². The molecule has 3 N–H and O–H groups in total. The van der Waals surface area contributed by atoms with Crippen LogP contribution in [0.25, 0.3) is 0 Å². The molecule has 0 fully saturated rings. The maximum Gasteiger partial charge on any atom is 0.362 e. The van der Waals surface area contributed by atoms with Crippen molar-refractivity contribution in [2.75, 3.05) is 38.3 Å². The van der Waals surface area contributed by atoms with E-state index in [1.165, 1.54) is 16.3 Å². The van der Waals surface area contributed by atoms with Gasteiger partial charge in [-0.3, -0.25) is 4.79 Å². The first-order chi connectivity index (χ1) is 11.0. The van der Waals surface area contributed by atoms with Crippen molar-refractivity contribution < 1.29 is 18.9 Å². The largest absolute Gasteiger partial charge is 0.464 e. The summed E-state index contributed by atoms with van der Waals surface area (Å²) in [5.74, 6) is -0.160.